The van der Waals surface area contributed by atoms with E-state index in [1.807, 2.05) is 43.9 Å². The first-order chi connectivity index (χ1) is 12.3. The highest BCUT2D eigenvalue weighted by molar-refractivity contribution is 5.68. The second-order valence-corrected chi connectivity index (χ2v) is 8.22. The van der Waals surface area contributed by atoms with Crippen LogP contribution in [0.25, 0.3) is 0 Å². The third-order valence-corrected chi connectivity index (χ3v) is 4.61. The van der Waals surface area contributed by atoms with Gasteiger partial charge < -0.3 is 20.1 Å². The summed E-state index contributed by atoms with van der Waals surface area (Å²) < 4.78 is 11.2. The van der Waals surface area contributed by atoms with Gasteiger partial charge in [0.2, 0.25) is 0 Å². The number of hydrogen-bond acceptors (Lipinski definition) is 4. The van der Waals surface area contributed by atoms with Crippen LogP contribution in [0.4, 0.5) is 4.79 Å². The number of benzene rings is 1. The lowest BCUT2D eigenvalue weighted by atomic mass is 9.94. The predicted octanol–water partition coefficient (Wildman–Crippen LogP) is 3.61. The molecule has 1 aliphatic heterocycles. The van der Waals surface area contributed by atoms with E-state index in [-0.39, 0.29) is 12.1 Å². The fourth-order valence-electron chi connectivity index (χ4n) is 3.19. The van der Waals surface area contributed by atoms with Crippen LogP contribution in [0.1, 0.15) is 45.6 Å². The largest absolute Gasteiger partial charge is 0.444 e. The van der Waals surface area contributed by atoms with Crippen molar-refractivity contribution in [3.8, 4) is 0 Å². The highest BCUT2D eigenvalue weighted by atomic mass is 16.6. The van der Waals surface area contributed by atoms with Crippen LogP contribution in [-0.2, 0) is 15.9 Å². The number of nitrogens with two attached hydrogens (primary N) is 1. The molecule has 1 aromatic rings. The van der Waals surface area contributed by atoms with Gasteiger partial charge in [-0.3, -0.25) is 0 Å². The normalized spacial score (nSPS) is 17.2. The third kappa shape index (κ3) is 7.75. The fourth-order valence-corrected chi connectivity index (χ4v) is 3.19. The Morgan fingerprint density at radius 1 is 1.23 bits per heavy atom. The minimum atomic E-state index is -0.430. The molecule has 0 aromatic heterocycles. The number of carbonyl (C=O) groups excluding carboxylic acids is 1. The first-order valence-corrected chi connectivity index (χ1v) is 9.68. The van der Waals surface area contributed by atoms with Crippen LogP contribution < -0.4 is 5.73 Å². The van der Waals surface area contributed by atoms with Gasteiger partial charge in [-0.15, -0.1) is 0 Å². The van der Waals surface area contributed by atoms with Gasteiger partial charge >= 0.3 is 6.09 Å². The third-order valence-electron chi connectivity index (χ3n) is 4.61. The Hall–Kier alpha value is -1.59. The van der Waals surface area contributed by atoms with Crippen molar-refractivity contribution in [3.63, 3.8) is 0 Å². The maximum Gasteiger partial charge on any atom is 0.410 e. The van der Waals surface area contributed by atoms with Crippen LogP contribution in [0.2, 0.25) is 0 Å². The molecule has 1 fully saturated rings. The molecule has 5 heteroatoms. The van der Waals surface area contributed by atoms with Gasteiger partial charge in [0.1, 0.15) is 5.60 Å². The first kappa shape index (κ1) is 20.7. The second-order valence-electron chi connectivity index (χ2n) is 8.22. The summed E-state index contributed by atoms with van der Waals surface area (Å²) in [6, 6.07) is 10.3. The Balaban J connectivity index is 1.57. The van der Waals surface area contributed by atoms with Crippen molar-refractivity contribution in [2.45, 2.75) is 58.1 Å². The van der Waals surface area contributed by atoms with E-state index in [1.165, 1.54) is 5.56 Å². The van der Waals surface area contributed by atoms with Gasteiger partial charge in [-0.1, -0.05) is 30.3 Å². The van der Waals surface area contributed by atoms with Crippen LogP contribution in [0.5, 0.6) is 0 Å². The van der Waals surface area contributed by atoms with E-state index in [2.05, 4.69) is 12.1 Å². The summed E-state index contributed by atoms with van der Waals surface area (Å²) in [5.41, 5.74) is 6.96. The number of nitrogens with zero attached hydrogens (tertiary/aromatic N) is 1. The Morgan fingerprint density at radius 3 is 2.50 bits per heavy atom. The maximum absolute atomic E-state index is 12.1. The monoisotopic (exact) mass is 362 g/mol. The minimum absolute atomic E-state index is 0.0337. The average molecular weight is 363 g/mol. The van der Waals surface area contributed by atoms with Gasteiger partial charge in [-0.05, 0) is 57.9 Å². The highest BCUT2D eigenvalue weighted by Crippen LogP contribution is 2.22. The molecular weight excluding hydrogens is 328 g/mol. The number of amides is 1. The number of carbonyl (C=O) groups is 1. The summed E-state index contributed by atoms with van der Waals surface area (Å²) in [4.78, 5) is 13.9. The molecular formula is C21H34N2O3. The molecule has 1 aliphatic rings. The summed E-state index contributed by atoms with van der Waals surface area (Å²) >= 11 is 0. The zero-order valence-corrected chi connectivity index (χ0v) is 16.4. The minimum Gasteiger partial charge on any atom is -0.444 e. The number of likely N-dealkylation sites (tertiary alicyclic amines) is 1. The number of hydrogen-bond donors (Lipinski definition) is 1. The summed E-state index contributed by atoms with van der Waals surface area (Å²) in [6.45, 7) is 8.57. The van der Waals surface area contributed by atoms with Gasteiger partial charge in [0.15, 0.2) is 0 Å². The molecule has 26 heavy (non-hydrogen) atoms. The summed E-state index contributed by atoms with van der Waals surface area (Å²) in [6.07, 6.45) is 3.70. The van der Waals surface area contributed by atoms with Crippen LogP contribution >= 0.6 is 0 Å². The van der Waals surface area contributed by atoms with E-state index in [1.54, 1.807) is 0 Å². The Bertz CT molecular complexity index is 534. The topological polar surface area (TPSA) is 64.8 Å². The molecule has 0 radical (unpaired) electrons. The standard InChI is InChI=1S/C21H34N2O3/c1-21(2,3)26-20(24)23-12-9-17(10-13-23)11-14-25-16-19(22)15-18-7-5-4-6-8-18/h4-8,17,19H,9-16,22H2,1-3H3/t19-/m1/s1. The van der Waals surface area contributed by atoms with Crippen LogP contribution in [0.15, 0.2) is 30.3 Å². The fraction of sp³-hybridized carbons (Fsp3) is 0.667. The quantitative estimate of drug-likeness (QED) is 0.753. The van der Waals surface area contributed by atoms with E-state index in [0.29, 0.717) is 12.5 Å². The zero-order valence-electron chi connectivity index (χ0n) is 16.4. The van der Waals surface area contributed by atoms with Crippen molar-refractivity contribution in [1.29, 1.82) is 0 Å². The smallest absolute Gasteiger partial charge is 0.410 e. The molecule has 1 saturated heterocycles. The van der Waals surface area contributed by atoms with E-state index in [4.69, 9.17) is 15.2 Å². The zero-order chi connectivity index (χ0) is 19.0. The van der Waals surface area contributed by atoms with Gasteiger partial charge in [0.25, 0.3) is 0 Å². The molecule has 0 saturated carbocycles. The lowest BCUT2D eigenvalue weighted by Gasteiger charge is -2.33. The van der Waals surface area contributed by atoms with Crippen molar-refractivity contribution >= 4 is 6.09 Å². The number of piperidine rings is 1. The number of rotatable bonds is 7. The van der Waals surface area contributed by atoms with Gasteiger partial charge in [-0.25, -0.2) is 4.79 Å². The summed E-state index contributed by atoms with van der Waals surface area (Å²) in [7, 11) is 0. The van der Waals surface area contributed by atoms with Gasteiger partial charge in [0, 0.05) is 25.7 Å². The van der Waals surface area contributed by atoms with E-state index in [0.717, 1.165) is 45.4 Å². The van der Waals surface area contributed by atoms with Crippen LogP contribution in [0, 0.1) is 5.92 Å². The van der Waals surface area contributed by atoms with E-state index in [9.17, 15) is 4.79 Å². The second kappa shape index (κ2) is 9.93. The van der Waals surface area contributed by atoms with Gasteiger partial charge in [-0.2, -0.15) is 0 Å². The van der Waals surface area contributed by atoms with E-state index >= 15 is 0 Å². The molecule has 2 N–H and O–H groups in total. The molecule has 5 nitrogen and oxygen atoms in total. The molecule has 1 amide bonds. The molecule has 1 atom stereocenters. The lowest BCUT2D eigenvalue weighted by molar-refractivity contribution is 0.0165. The average Bonchev–Trinajstić information content (AvgIpc) is 2.58. The maximum atomic E-state index is 12.1. The molecule has 0 spiro atoms. The number of ether oxygens (including phenoxy) is 2. The van der Waals surface area contributed by atoms with Crippen molar-refractivity contribution in [2.75, 3.05) is 26.3 Å². The van der Waals surface area contributed by atoms with Crippen molar-refractivity contribution < 1.29 is 14.3 Å². The van der Waals surface area contributed by atoms with Crippen molar-refractivity contribution in [3.05, 3.63) is 35.9 Å². The Morgan fingerprint density at radius 2 is 1.88 bits per heavy atom. The SMILES string of the molecule is CC(C)(C)OC(=O)N1CCC(CCOC[C@H](N)Cc2ccccc2)CC1. The first-order valence-electron chi connectivity index (χ1n) is 9.68. The van der Waals surface area contributed by atoms with Crippen LogP contribution in [-0.4, -0.2) is 48.9 Å². The van der Waals surface area contributed by atoms with Gasteiger partial charge in [0.05, 0.1) is 6.61 Å². The predicted molar refractivity (Wildman–Crippen MR) is 104 cm³/mol. The summed E-state index contributed by atoms with van der Waals surface area (Å²) in [5.74, 6) is 0.610. The highest BCUT2D eigenvalue weighted by Gasteiger charge is 2.26. The molecule has 0 unspecified atom stereocenters. The molecule has 1 aromatic carbocycles. The lowest BCUT2D eigenvalue weighted by Crippen LogP contribution is -2.41. The van der Waals surface area contributed by atoms with Crippen molar-refractivity contribution in [1.82, 2.24) is 4.90 Å². The van der Waals surface area contributed by atoms with Crippen LogP contribution in [0.3, 0.4) is 0 Å². The Labute approximate surface area is 157 Å². The van der Waals surface area contributed by atoms with E-state index < -0.39 is 5.60 Å². The van der Waals surface area contributed by atoms with Crippen molar-refractivity contribution in [2.24, 2.45) is 11.7 Å². The molecule has 1 heterocycles. The molecule has 0 bridgehead atoms. The molecule has 2 rings (SSSR count). The Kier molecular flexibility index (Phi) is 7.91. The molecule has 0 aliphatic carbocycles. The summed E-state index contributed by atoms with van der Waals surface area (Å²) in [5, 5.41) is 0. The molecule has 146 valence electrons.